The Hall–Kier alpha value is -0.240. The third kappa shape index (κ3) is 2.22. The van der Waals surface area contributed by atoms with Crippen molar-refractivity contribution in [2.24, 2.45) is 0 Å². The van der Waals surface area contributed by atoms with E-state index in [0.717, 1.165) is 0 Å². The average molecular weight is 208 g/mol. The number of ether oxygens (including phenoxy) is 2. The highest BCUT2D eigenvalue weighted by Gasteiger charge is 2.45. The van der Waals surface area contributed by atoms with Crippen LogP contribution in [0.3, 0.4) is 0 Å². The lowest BCUT2D eigenvalue weighted by Crippen LogP contribution is -2.78. The second-order valence-electron chi connectivity index (χ2n) is 3.33. The molecule has 0 aromatic rings. The molecule has 0 amide bonds. The molecule has 6 nitrogen and oxygen atoms in total. The van der Waals surface area contributed by atoms with Crippen LogP contribution in [0.1, 0.15) is 6.92 Å². The molecule has 1 aliphatic heterocycles. The Balaban J connectivity index is 2.63. The van der Waals surface area contributed by atoms with Crippen molar-refractivity contribution in [3.8, 4) is 0 Å². The first-order chi connectivity index (χ1) is 6.61. The van der Waals surface area contributed by atoms with E-state index in [0.29, 0.717) is 6.61 Å². The lowest BCUT2D eigenvalue weighted by atomic mass is 9.98. The fourth-order valence-electron chi connectivity index (χ4n) is 1.47. The molecule has 0 bridgehead atoms. The van der Waals surface area contributed by atoms with Gasteiger partial charge in [0.05, 0.1) is 6.61 Å². The van der Waals surface area contributed by atoms with Crippen molar-refractivity contribution >= 4 is 0 Å². The summed E-state index contributed by atoms with van der Waals surface area (Å²) in [5.74, 6) is 0. The quantitative estimate of drug-likeness (QED) is 0.397. The second-order valence-corrected chi connectivity index (χ2v) is 3.33. The van der Waals surface area contributed by atoms with Crippen LogP contribution in [0, 0.1) is 0 Å². The van der Waals surface area contributed by atoms with E-state index in [4.69, 9.17) is 14.6 Å². The van der Waals surface area contributed by atoms with Gasteiger partial charge in [-0.05, 0) is 6.92 Å². The molecule has 0 aromatic carbocycles. The van der Waals surface area contributed by atoms with Crippen molar-refractivity contribution < 1.29 is 30.5 Å². The van der Waals surface area contributed by atoms with Crippen LogP contribution in [-0.2, 0) is 9.47 Å². The molecule has 1 aliphatic rings. The fourth-order valence-corrected chi connectivity index (χ4v) is 1.47. The highest BCUT2D eigenvalue weighted by atomic mass is 16.7. The molecule has 14 heavy (non-hydrogen) atoms. The number of hydrogen-bond donors (Lipinski definition) is 4. The Morgan fingerprint density at radius 1 is 1.36 bits per heavy atom. The smallest absolute Gasteiger partial charge is 0.213 e. The van der Waals surface area contributed by atoms with E-state index in [1.807, 2.05) is 0 Å². The Labute approximate surface area is 82.2 Å². The average Bonchev–Trinajstić information content (AvgIpc) is 2.19. The number of aliphatic hydroxyl groups excluding tert-OH is 3. The maximum atomic E-state index is 9.56. The van der Waals surface area contributed by atoms with Crippen molar-refractivity contribution in [1.29, 1.82) is 0 Å². The molecule has 0 aliphatic carbocycles. The largest absolute Gasteiger partial charge is 0.394 e. The molecular weight excluding hydrogens is 190 g/mol. The molecule has 6 heteroatoms. The van der Waals surface area contributed by atoms with Gasteiger partial charge in [0.25, 0.3) is 0 Å². The molecule has 6 N–H and O–H groups in total. The molecule has 0 saturated carbocycles. The van der Waals surface area contributed by atoms with Crippen LogP contribution >= 0.6 is 0 Å². The van der Waals surface area contributed by atoms with Crippen LogP contribution < -0.4 is 5.73 Å². The highest BCUT2D eigenvalue weighted by Crippen LogP contribution is 2.19. The molecule has 0 aromatic heterocycles. The van der Waals surface area contributed by atoms with Gasteiger partial charge in [-0.15, -0.1) is 0 Å². The minimum atomic E-state index is -1.11. The van der Waals surface area contributed by atoms with Gasteiger partial charge in [-0.2, -0.15) is 0 Å². The maximum Gasteiger partial charge on any atom is 0.213 e. The van der Waals surface area contributed by atoms with Gasteiger partial charge >= 0.3 is 0 Å². The van der Waals surface area contributed by atoms with Crippen molar-refractivity contribution in [2.45, 2.75) is 37.6 Å². The van der Waals surface area contributed by atoms with E-state index in [1.165, 1.54) is 0 Å². The zero-order valence-corrected chi connectivity index (χ0v) is 8.17. The molecule has 84 valence electrons. The molecule has 0 radical (unpaired) electrons. The minimum absolute atomic E-state index is 0.353. The molecule has 0 spiro atoms. The van der Waals surface area contributed by atoms with Crippen LogP contribution in [0.4, 0.5) is 0 Å². The molecule has 1 saturated heterocycles. The summed E-state index contributed by atoms with van der Waals surface area (Å²) < 4.78 is 10.4. The van der Waals surface area contributed by atoms with Gasteiger partial charge in [-0.25, -0.2) is 0 Å². The van der Waals surface area contributed by atoms with Gasteiger partial charge in [0.2, 0.25) is 6.29 Å². The van der Waals surface area contributed by atoms with Gasteiger partial charge < -0.3 is 30.5 Å². The summed E-state index contributed by atoms with van der Waals surface area (Å²) in [5, 5.41) is 27.9. The van der Waals surface area contributed by atoms with E-state index in [9.17, 15) is 10.2 Å². The van der Waals surface area contributed by atoms with Crippen molar-refractivity contribution in [3.05, 3.63) is 0 Å². The van der Waals surface area contributed by atoms with Crippen molar-refractivity contribution in [1.82, 2.24) is 0 Å². The number of quaternary nitrogens is 1. The Kier molecular flexibility index (Phi) is 4.24. The minimum Gasteiger partial charge on any atom is -0.394 e. The van der Waals surface area contributed by atoms with Crippen molar-refractivity contribution in [2.75, 3.05) is 13.2 Å². The first-order valence-electron chi connectivity index (χ1n) is 4.69. The molecule has 1 rings (SSSR count). The standard InChI is InChI=1S/C8H17NO5/c1-2-13-8-5(9)7(12)6(11)4(3-10)14-8/h4-8,10-12H,2-3,9H2,1H3/p+1. The highest BCUT2D eigenvalue weighted by molar-refractivity contribution is 4.87. The lowest BCUT2D eigenvalue weighted by Gasteiger charge is -2.38. The molecule has 5 atom stereocenters. The third-order valence-corrected chi connectivity index (χ3v) is 2.34. The Morgan fingerprint density at radius 3 is 2.50 bits per heavy atom. The van der Waals surface area contributed by atoms with Crippen LogP contribution in [0.15, 0.2) is 0 Å². The van der Waals surface area contributed by atoms with Crippen LogP contribution in [0.2, 0.25) is 0 Å². The number of rotatable bonds is 3. The van der Waals surface area contributed by atoms with E-state index in [-0.39, 0.29) is 6.61 Å². The van der Waals surface area contributed by atoms with Crippen molar-refractivity contribution in [3.63, 3.8) is 0 Å². The number of aliphatic hydroxyl groups is 3. The predicted molar refractivity (Wildman–Crippen MR) is 46.1 cm³/mol. The van der Waals surface area contributed by atoms with Gasteiger partial charge in [0.1, 0.15) is 18.3 Å². The molecule has 1 fully saturated rings. The lowest BCUT2D eigenvalue weighted by molar-refractivity contribution is -0.501. The van der Waals surface area contributed by atoms with Gasteiger partial charge in [0, 0.05) is 6.61 Å². The Morgan fingerprint density at radius 2 is 2.00 bits per heavy atom. The topological polar surface area (TPSA) is 107 Å². The fraction of sp³-hybridized carbons (Fsp3) is 1.00. The second kappa shape index (κ2) is 5.01. The zero-order valence-electron chi connectivity index (χ0n) is 8.17. The summed E-state index contributed by atoms with van der Waals surface area (Å²) in [6.45, 7) is 1.87. The Bertz CT molecular complexity index is 175. The number of hydrogen-bond acceptors (Lipinski definition) is 5. The summed E-state index contributed by atoms with van der Waals surface area (Å²) in [6.07, 6.45) is -3.62. The maximum absolute atomic E-state index is 9.56. The summed E-state index contributed by atoms with van der Waals surface area (Å²) in [4.78, 5) is 0. The van der Waals surface area contributed by atoms with E-state index >= 15 is 0 Å². The summed E-state index contributed by atoms with van der Waals surface area (Å²) in [7, 11) is 0. The normalized spacial score (nSPS) is 43.9. The third-order valence-electron chi connectivity index (χ3n) is 2.34. The molecular formula is C8H18NO5+. The monoisotopic (exact) mass is 208 g/mol. The summed E-state index contributed by atoms with van der Waals surface area (Å²) >= 11 is 0. The van der Waals surface area contributed by atoms with Crippen LogP contribution in [0.25, 0.3) is 0 Å². The van der Waals surface area contributed by atoms with Crippen LogP contribution in [0.5, 0.6) is 0 Å². The SMILES string of the molecule is CCOC1OC(CO)C(O)C(O)C1[NH3+]. The summed E-state index contributed by atoms with van der Waals surface area (Å²) in [6, 6.07) is -0.548. The van der Waals surface area contributed by atoms with E-state index in [2.05, 4.69) is 5.73 Å². The van der Waals surface area contributed by atoms with Crippen LogP contribution in [-0.4, -0.2) is 59.2 Å². The van der Waals surface area contributed by atoms with Gasteiger partial charge in [0.15, 0.2) is 6.04 Å². The molecule has 1 heterocycles. The van der Waals surface area contributed by atoms with E-state index < -0.39 is 30.6 Å². The molecule has 5 unspecified atom stereocenters. The predicted octanol–water partition coefficient (Wildman–Crippen LogP) is -2.93. The van der Waals surface area contributed by atoms with Gasteiger partial charge in [-0.1, -0.05) is 0 Å². The van der Waals surface area contributed by atoms with Gasteiger partial charge in [-0.3, -0.25) is 0 Å². The van der Waals surface area contributed by atoms with E-state index in [1.54, 1.807) is 6.92 Å². The zero-order chi connectivity index (χ0) is 10.7. The first-order valence-corrected chi connectivity index (χ1v) is 4.69. The summed E-state index contributed by atoms with van der Waals surface area (Å²) in [5.41, 5.74) is 3.66. The first kappa shape index (κ1) is 11.8.